The molecule has 0 saturated carbocycles. The molecule has 0 aromatic heterocycles. The van der Waals surface area contributed by atoms with Crippen LogP contribution < -0.4 is 20.1 Å². The Morgan fingerprint density at radius 3 is 2.54 bits per heavy atom. The number of ether oxygens (including phenoxy) is 3. The lowest BCUT2D eigenvalue weighted by Crippen LogP contribution is -2.37. The van der Waals surface area contributed by atoms with Crippen molar-refractivity contribution in [1.82, 2.24) is 10.6 Å². The SMILES string of the molecule is CCNC(=NCc1ccc(OC)cc1OC)NCCCCCOC. The number of hydrogen-bond acceptors (Lipinski definition) is 4. The van der Waals surface area contributed by atoms with E-state index in [1.54, 1.807) is 21.3 Å². The van der Waals surface area contributed by atoms with Crippen molar-refractivity contribution < 1.29 is 14.2 Å². The van der Waals surface area contributed by atoms with Crippen molar-refractivity contribution in [1.29, 1.82) is 0 Å². The standard InChI is InChI=1S/C18H31N3O3/c1-5-19-18(20-11-7-6-8-12-22-2)21-14-15-9-10-16(23-3)13-17(15)24-4/h9-10,13H,5-8,11-12,14H2,1-4H3,(H2,19,20,21). The molecule has 24 heavy (non-hydrogen) atoms. The van der Waals surface area contributed by atoms with E-state index in [9.17, 15) is 0 Å². The number of rotatable bonds is 11. The van der Waals surface area contributed by atoms with Crippen LogP contribution in [0.3, 0.4) is 0 Å². The molecule has 0 aliphatic heterocycles. The number of nitrogens with one attached hydrogen (secondary N) is 2. The van der Waals surface area contributed by atoms with Crippen LogP contribution in [0.1, 0.15) is 31.7 Å². The monoisotopic (exact) mass is 337 g/mol. The van der Waals surface area contributed by atoms with Crippen LogP contribution in [-0.4, -0.2) is 47.0 Å². The molecular weight excluding hydrogens is 306 g/mol. The van der Waals surface area contributed by atoms with Gasteiger partial charge in [-0.1, -0.05) is 0 Å². The molecule has 2 N–H and O–H groups in total. The first-order valence-corrected chi connectivity index (χ1v) is 8.47. The average molecular weight is 337 g/mol. The van der Waals surface area contributed by atoms with Crippen LogP contribution in [-0.2, 0) is 11.3 Å². The Balaban J connectivity index is 2.55. The number of guanidine groups is 1. The highest BCUT2D eigenvalue weighted by Crippen LogP contribution is 2.25. The number of aliphatic imine (C=N–C) groups is 1. The van der Waals surface area contributed by atoms with E-state index >= 15 is 0 Å². The highest BCUT2D eigenvalue weighted by atomic mass is 16.5. The fourth-order valence-corrected chi connectivity index (χ4v) is 2.24. The van der Waals surface area contributed by atoms with Crippen LogP contribution in [0.25, 0.3) is 0 Å². The van der Waals surface area contributed by atoms with Gasteiger partial charge in [-0.3, -0.25) is 0 Å². The van der Waals surface area contributed by atoms with Crippen LogP contribution in [0.5, 0.6) is 11.5 Å². The van der Waals surface area contributed by atoms with Gasteiger partial charge in [-0.05, 0) is 38.3 Å². The van der Waals surface area contributed by atoms with E-state index in [1.807, 2.05) is 18.2 Å². The van der Waals surface area contributed by atoms with E-state index < -0.39 is 0 Å². The highest BCUT2D eigenvalue weighted by Gasteiger charge is 2.05. The summed E-state index contributed by atoms with van der Waals surface area (Å²) in [7, 11) is 5.04. The molecule has 1 rings (SSSR count). The third-order valence-corrected chi connectivity index (χ3v) is 3.56. The minimum Gasteiger partial charge on any atom is -0.497 e. The Hall–Kier alpha value is -1.95. The molecule has 0 saturated heterocycles. The molecule has 6 nitrogen and oxygen atoms in total. The molecule has 0 bridgehead atoms. The van der Waals surface area contributed by atoms with Crippen molar-refractivity contribution in [2.24, 2.45) is 4.99 Å². The van der Waals surface area contributed by atoms with Crippen molar-refractivity contribution in [2.75, 3.05) is 41.0 Å². The second kappa shape index (κ2) is 12.5. The maximum Gasteiger partial charge on any atom is 0.191 e. The van der Waals surface area contributed by atoms with Crippen molar-refractivity contribution in [2.45, 2.75) is 32.7 Å². The molecule has 0 fully saturated rings. The van der Waals surface area contributed by atoms with E-state index in [1.165, 1.54) is 0 Å². The quantitative estimate of drug-likeness (QED) is 0.369. The second-order valence-electron chi connectivity index (χ2n) is 5.35. The summed E-state index contributed by atoms with van der Waals surface area (Å²) in [6, 6.07) is 5.78. The Kier molecular flexibility index (Phi) is 10.4. The summed E-state index contributed by atoms with van der Waals surface area (Å²) in [6.45, 7) is 5.16. The van der Waals surface area contributed by atoms with Gasteiger partial charge in [0.25, 0.3) is 0 Å². The van der Waals surface area contributed by atoms with E-state index in [-0.39, 0.29) is 0 Å². The van der Waals surface area contributed by atoms with Crippen molar-refractivity contribution in [3.8, 4) is 11.5 Å². The van der Waals surface area contributed by atoms with Gasteiger partial charge in [0.2, 0.25) is 0 Å². The second-order valence-corrected chi connectivity index (χ2v) is 5.35. The first-order chi connectivity index (χ1) is 11.7. The summed E-state index contributed by atoms with van der Waals surface area (Å²) in [6.07, 6.45) is 3.33. The normalized spacial score (nSPS) is 11.2. The third kappa shape index (κ3) is 7.55. The average Bonchev–Trinajstić information content (AvgIpc) is 2.62. The highest BCUT2D eigenvalue weighted by molar-refractivity contribution is 5.79. The Labute approximate surface area is 145 Å². The summed E-state index contributed by atoms with van der Waals surface area (Å²) in [4.78, 5) is 4.63. The maximum atomic E-state index is 5.41. The Morgan fingerprint density at radius 1 is 1.04 bits per heavy atom. The van der Waals surface area contributed by atoms with Gasteiger partial charge in [0.05, 0.1) is 20.8 Å². The molecule has 1 aromatic carbocycles. The lowest BCUT2D eigenvalue weighted by Gasteiger charge is -2.12. The number of methoxy groups -OCH3 is 3. The van der Waals surface area contributed by atoms with Crippen LogP contribution in [0, 0.1) is 0 Å². The predicted octanol–water partition coefficient (Wildman–Crippen LogP) is 2.58. The zero-order chi connectivity index (χ0) is 17.6. The molecule has 0 heterocycles. The van der Waals surface area contributed by atoms with Gasteiger partial charge in [-0.25, -0.2) is 4.99 Å². The summed E-state index contributed by atoms with van der Waals surface area (Å²) in [5.41, 5.74) is 1.02. The molecule has 0 aliphatic carbocycles. The molecule has 6 heteroatoms. The largest absolute Gasteiger partial charge is 0.497 e. The van der Waals surface area contributed by atoms with Gasteiger partial charge < -0.3 is 24.8 Å². The number of unbranched alkanes of at least 4 members (excludes halogenated alkanes) is 2. The van der Waals surface area contributed by atoms with Gasteiger partial charge in [-0.2, -0.15) is 0 Å². The topological polar surface area (TPSA) is 64.1 Å². The zero-order valence-electron chi connectivity index (χ0n) is 15.4. The van der Waals surface area contributed by atoms with Gasteiger partial charge in [0.1, 0.15) is 11.5 Å². The minimum atomic E-state index is 0.548. The smallest absolute Gasteiger partial charge is 0.191 e. The predicted molar refractivity (Wildman–Crippen MR) is 98.1 cm³/mol. The molecular formula is C18H31N3O3. The van der Waals surface area contributed by atoms with E-state index in [4.69, 9.17) is 14.2 Å². The molecule has 136 valence electrons. The van der Waals surface area contributed by atoms with E-state index in [2.05, 4.69) is 22.5 Å². The van der Waals surface area contributed by atoms with Crippen LogP contribution >= 0.6 is 0 Å². The van der Waals surface area contributed by atoms with Crippen molar-refractivity contribution >= 4 is 5.96 Å². The van der Waals surface area contributed by atoms with Crippen LogP contribution in [0.2, 0.25) is 0 Å². The van der Waals surface area contributed by atoms with Crippen molar-refractivity contribution in [3.63, 3.8) is 0 Å². The first-order valence-electron chi connectivity index (χ1n) is 8.47. The molecule has 0 aliphatic rings. The summed E-state index contributed by atoms with van der Waals surface area (Å²) >= 11 is 0. The number of hydrogen-bond donors (Lipinski definition) is 2. The van der Waals surface area contributed by atoms with Gasteiger partial charge in [0, 0.05) is 38.4 Å². The Bertz CT molecular complexity index is 492. The van der Waals surface area contributed by atoms with Gasteiger partial charge in [-0.15, -0.1) is 0 Å². The lowest BCUT2D eigenvalue weighted by molar-refractivity contribution is 0.192. The molecule has 0 atom stereocenters. The molecule has 1 aromatic rings. The Morgan fingerprint density at radius 2 is 1.88 bits per heavy atom. The van der Waals surface area contributed by atoms with Crippen LogP contribution in [0.15, 0.2) is 23.2 Å². The molecule has 0 amide bonds. The maximum absolute atomic E-state index is 5.41. The fraction of sp³-hybridized carbons (Fsp3) is 0.611. The van der Waals surface area contributed by atoms with E-state index in [0.717, 1.165) is 62.0 Å². The molecule has 0 radical (unpaired) electrons. The molecule has 0 spiro atoms. The number of nitrogens with zero attached hydrogens (tertiary/aromatic N) is 1. The third-order valence-electron chi connectivity index (χ3n) is 3.56. The van der Waals surface area contributed by atoms with Gasteiger partial charge >= 0.3 is 0 Å². The zero-order valence-corrected chi connectivity index (χ0v) is 15.4. The molecule has 0 unspecified atom stereocenters. The summed E-state index contributed by atoms with van der Waals surface area (Å²) in [5, 5.41) is 6.62. The van der Waals surface area contributed by atoms with E-state index in [0.29, 0.717) is 6.54 Å². The first kappa shape index (κ1) is 20.1. The van der Waals surface area contributed by atoms with Crippen molar-refractivity contribution in [3.05, 3.63) is 23.8 Å². The minimum absolute atomic E-state index is 0.548. The summed E-state index contributed by atoms with van der Waals surface area (Å²) in [5.74, 6) is 2.39. The number of benzene rings is 1. The summed E-state index contributed by atoms with van der Waals surface area (Å²) < 4.78 is 15.7. The van der Waals surface area contributed by atoms with Crippen LogP contribution in [0.4, 0.5) is 0 Å². The lowest BCUT2D eigenvalue weighted by atomic mass is 10.2. The van der Waals surface area contributed by atoms with Gasteiger partial charge in [0.15, 0.2) is 5.96 Å². The fourth-order valence-electron chi connectivity index (χ4n) is 2.24.